The van der Waals surface area contributed by atoms with E-state index < -0.39 is 5.60 Å². The van der Waals surface area contributed by atoms with Crippen LogP contribution in [-0.2, 0) is 0 Å². The smallest absolute Gasteiger partial charge is 0.174 e. The van der Waals surface area contributed by atoms with Gasteiger partial charge in [0.2, 0.25) is 0 Å². The summed E-state index contributed by atoms with van der Waals surface area (Å²) in [5, 5.41) is 14.0. The Morgan fingerprint density at radius 3 is 2.75 bits per heavy atom. The second-order valence-corrected chi connectivity index (χ2v) is 9.51. The highest BCUT2D eigenvalue weighted by Gasteiger charge is 2.29. The van der Waals surface area contributed by atoms with Gasteiger partial charge in [-0.25, -0.2) is 0 Å². The molecule has 1 fully saturated rings. The molecule has 28 heavy (non-hydrogen) atoms. The fourth-order valence-electron chi connectivity index (χ4n) is 2.68. The largest absolute Gasteiger partial charge is 0.494 e. The van der Waals surface area contributed by atoms with Gasteiger partial charge in [0, 0.05) is 22.9 Å². The number of thiocarbonyl (C=S) groups is 1. The summed E-state index contributed by atoms with van der Waals surface area (Å²) in [7, 11) is 0. The van der Waals surface area contributed by atoms with E-state index in [1.165, 1.54) is 4.88 Å². The molecular formula is C21H24N2O2S3. The summed E-state index contributed by atoms with van der Waals surface area (Å²) in [5.41, 5.74) is -0.0337. The first-order valence-corrected chi connectivity index (χ1v) is 11.4. The average Bonchev–Trinajstić information content (AvgIpc) is 3.30. The van der Waals surface area contributed by atoms with Crippen molar-refractivity contribution in [2.24, 2.45) is 0 Å². The Kier molecular flexibility index (Phi) is 6.89. The summed E-state index contributed by atoms with van der Waals surface area (Å²) in [5.74, 6) is 7.81. The fraction of sp³-hybridized carbons (Fsp3) is 0.381. The van der Waals surface area contributed by atoms with Crippen LogP contribution in [0.2, 0.25) is 0 Å². The molecule has 148 valence electrons. The average molecular weight is 433 g/mol. The molecule has 1 aromatic heterocycles. The summed E-state index contributed by atoms with van der Waals surface area (Å²) in [4.78, 5) is 4.39. The Morgan fingerprint density at radius 2 is 2.07 bits per heavy atom. The molecule has 2 heterocycles. The minimum atomic E-state index is -0.985. The molecule has 0 bridgehead atoms. The Morgan fingerprint density at radius 1 is 1.32 bits per heavy atom. The normalized spacial score (nSPS) is 16.4. The van der Waals surface area contributed by atoms with E-state index in [4.69, 9.17) is 17.0 Å². The van der Waals surface area contributed by atoms with E-state index in [1.807, 2.05) is 49.0 Å². The maximum absolute atomic E-state index is 9.78. The molecule has 0 aliphatic carbocycles. The first-order valence-electron chi connectivity index (χ1n) is 9.13. The summed E-state index contributed by atoms with van der Waals surface area (Å²) in [6.07, 6.45) is 0. The second-order valence-electron chi connectivity index (χ2n) is 6.82. The molecule has 1 aromatic carbocycles. The SMILES string of the molecule is CCOc1ccc(NC(=S)N2CCS[C@@H]2c2ccc(C#CC(C)(C)O)s2)cc1. The summed E-state index contributed by atoms with van der Waals surface area (Å²) >= 11 is 9.21. The number of thioether (sulfide) groups is 1. The molecule has 0 unspecified atom stereocenters. The summed E-state index contributed by atoms with van der Waals surface area (Å²) in [6, 6.07) is 12.0. The van der Waals surface area contributed by atoms with Gasteiger partial charge in [-0.1, -0.05) is 11.8 Å². The Labute approximate surface area is 180 Å². The van der Waals surface area contributed by atoms with Gasteiger partial charge >= 0.3 is 0 Å². The van der Waals surface area contributed by atoms with Gasteiger partial charge in [0.1, 0.15) is 16.7 Å². The summed E-state index contributed by atoms with van der Waals surface area (Å²) in [6.45, 7) is 6.91. The van der Waals surface area contributed by atoms with Crippen LogP contribution in [0.5, 0.6) is 5.75 Å². The number of hydrogen-bond acceptors (Lipinski definition) is 5. The van der Waals surface area contributed by atoms with Crippen LogP contribution < -0.4 is 10.1 Å². The van der Waals surface area contributed by atoms with E-state index in [9.17, 15) is 5.11 Å². The van der Waals surface area contributed by atoms with Crippen molar-refractivity contribution in [3.63, 3.8) is 0 Å². The molecule has 1 aliphatic rings. The van der Waals surface area contributed by atoms with E-state index in [-0.39, 0.29) is 5.37 Å². The monoisotopic (exact) mass is 432 g/mol. The van der Waals surface area contributed by atoms with Crippen molar-refractivity contribution in [2.75, 3.05) is 24.2 Å². The molecule has 0 spiro atoms. The first kappa shape index (κ1) is 21.0. The molecule has 1 aliphatic heterocycles. The third-order valence-corrected chi connectivity index (χ3v) is 6.71. The van der Waals surface area contributed by atoms with Crippen molar-refractivity contribution >= 4 is 46.1 Å². The van der Waals surface area contributed by atoms with Crippen molar-refractivity contribution in [3.05, 3.63) is 46.2 Å². The van der Waals surface area contributed by atoms with Crippen LogP contribution in [0.15, 0.2) is 36.4 Å². The zero-order valence-electron chi connectivity index (χ0n) is 16.2. The molecule has 0 saturated carbocycles. The molecule has 1 atom stereocenters. The third-order valence-electron chi connectivity index (χ3n) is 3.93. The zero-order valence-corrected chi connectivity index (χ0v) is 18.6. The summed E-state index contributed by atoms with van der Waals surface area (Å²) < 4.78 is 5.48. The van der Waals surface area contributed by atoms with Crippen LogP contribution in [0.4, 0.5) is 5.69 Å². The number of nitrogens with one attached hydrogen (secondary N) is 1. The molecular weight excluding hydrogens is 408 g/mol. The van der Waals surface area contributed by atoms with Gasteiger partial charge in [0.15, 0.2) is 5.11 Å². The number of ether oxygens (including phenoxy) is 1. The Hall–Kier alpha value is -1.72. The first-order chi connectivity index (χ1) is 13.4. The van der Waals surface area contributed by atoms with Gasteiger partial charge in [0.25, 0.3) is 0 Å². The van der Waals surface area contributed by atoms with E-state index in [0.717, 1.165) is 33.7 Å². The number of benzene rings is 1. The fourth-order valence-corrected chi connectivity index (χ4v) is 5.42. The van der Waals surface area contributed by atoms with Crippen molar-refractivity contribution in [3.8, 4) is 17.6 Å². The number of thiophene rings is 1. The van der Waals surface area contributed by atoms with Gasteiger partial charge in [-0.3, -0.25) is 0 Å². The predicted molar refractivity (Wildman–Crippen MR) is 123 cm³/mol. The molecule has 4 nitrogen and oxygen atoms in total. The number of hydrogen-bond donors (Lipinski definition) is 2. The van der Waals surface area contributed by atoms with Gasteiger partial charge in [-0.05, 0) is 69.4 Å². The molecule has 0 radical (unpaired) electrons. The van der Waals surface area contributed by atoms with Crippen LogP contribution in [0, 0.1) is 11.8 Å². The highest BCUT2D eigenvalue weighted by Crippen LogP contribution is 2.41. The van der Waals surface area contributed by atoms with Gasteiger partial charge in [-0.15, -0.1) is 23.1 Å². The van der Waals surface area contributed by atoms with Crippen molar-refractivity contribution in [1.82, 2.24) is 4.90 Å². The van der Waals surface area contributed by atoms with E-state index in [1.54, 1.807) is 25.2 Å². The number of rotatable bonds is 4. The van der Waals surface area contributed by atoms with Gasteiger partial charge in [0.05, 0.1) is 11.5 Å². The maximum atomic E-state index is 9.78. The van der Waals surface area contributed by atoms with E-state index in [2.05, 4.69) is 28.1 Å². The molecule has 0 amide bonds. The van der Waals surface area contributed by atoms with Gasteiger partial charge in [-0.2, -0.15) is 0 Å². The maximum Gasteiger partial charge on any atom is 0.174 e. The second kappa shape index (κ2) is 9.19. The Bertz CT molecular complexity index is 876. The molecule has 7 heteroatoms. The van der Waals surface area contributed by atoms with Crippen molar-refractivity contribution < 1.29 is 9.84 Å². The molecule has 2 N–H and O–H groups in total. The minimum absolute atomic E-state index is 0.186. The lowest BCUT2D eigenvalue weighted by Gasteiger charge is -2.26. The van der Waals surface area contributed by atoms with Crippen molar-refractivity contribution in [2.45, 2.75) is 31.7 Å². The number of aliphatic hydroxyl groups is 1. The standard InChI is InChI=1S/C21H24N2O2S3/c1-4-25-16-7-5-15(6-8-16)22-20(26)23-13-14-27-19(23)18-10-9-17(28-18)11-12-21(2,3)24/h5-10,19,24H,4,13-14H2,1-3H3,(H,22,26)/t19-/m1/s1. The van der Waals surface area contributed by atoms with E-state index in [0.29, 0.717) is 6.61 Å². The molecule has 3 rings (SSSR count). The minimum Gasteiger partial charge on any atom is -0.494 e. The van der Waals surface area contributed by atoms with Crippen LogP contribution in [0.25, 0.3) is 0 Å². The van der Waals surface area contributed by atoms with Crippen LogP contribution in [-0.4, -0.2) is 39.6 Å². The third kappa shape index (κ3) is 5.65. The number of nitrogens with zero attached hydrogens (tertiary/aromatic N) is 1. The lowest BCUT2D eigenvalue weighted by atomic mass is 10.1. The lowest BCUT2D eigenvalue weighted by molar-refractivity contribution is 0.143. The molecule has 1 saturated heterocycles. The van der Waals surface area contributed by atoms with E-state index >= 15 is 0 Å². The molecule has 2 aromatic rings. The zero-order chi connectivity index (χ0) is 20.1. The number of anilines is 1. The van der Waals surface area contributed by atoms with Crippen LogP contribution >= 0.6 is 35.3 Å². The van der Waals surface area contributed by atoms with Crippen molar-refractivity contribution in [1.29, 1.82) is 0 Å². The van der Waals surface area contributed by atoms with Crippen LogP contribution in [0.3, 0.4) is 0 Å². The van der Waals surface area contributed by atoms with Crippen LogP contribution in [0.1, 0.15) is 35.9 Å². The topological polar surface area (TPSA) is 44.7 Å². The van der Waals surface area contributed by atoms with Gasteiger partial charge < -0.3 is 20.1 Å². The quantitative estimate of drug-likeness (QED) is 0.539. The predicted octanol–water partition coefficient (Wildman–Crippen LogP) is 4.71. The highest BCUT2D eigenvalue weighted by molar-refractivity contribution is 7.99. The highest BCUT2D eigenvalue weighted by atomic mass is 32.2. The lowest BCUT2D eigenvalue weighted by Crippen LogP contribution is -2.33. The Balaban J connectivity index is 1.67.